The maximum Gasteiger partial charge on any atom is 0.208 e. The van der Waals surface area contributed by atoms with E-state index in [4.69, 9.17) is 4.74 Å². The monoisotopic (exact) mass is 436 g/mol. The van der Waals surface area contributed by atoms with Gasteiger partial charge in [0.1, 0.15) is 0 Å². The fourth-order valence-electron chi connectivity index (χ4n) is 1.23. The number of sulfonamides is 1. The molecule has 0 aromatic rings. The molecule has 9 heteroatoms. The number of rotatable bonds is 9. The van der Waals surface area contributed by atoms with Gasteiger partial charge in [-0.05, 0) is 27.2 Å². The van der Waals surface area contributed by atoms with Gasteiger partial charge in [0.25, 0.3) is 0 Å². The number of aliphatic imine (C=N–C) groups is 1. The molecule has 0 bridgehead atoms. The summed E-state index contributed by atoms with van der Waals surface area (Å²) in [7, 11) is -1.45. The van der Waals surface area contributed by atoms with Gasteiger partial charge in [0, 0.05) is 26.7 Å². The van der Waals surface area contributed by atoms with E-state index in [1.807, 2.05) is 20.8 Å². The molecule has 128 valence electrons. The van der Waals surface area contributed by atoms with Crippen molar-refractivity contribution in [3.8, 4) is 0 Å². The van der Waals surface area contributed by atoms with Crippen molar-refractivity contribution in [2.24, 2.45) is 4.99 Å². The van der Waals surface area contributed by atoms with Crippen molar-refractivity contribution in [1.29, 1.82) is 0 Å². The van der Waals surface area contributed by atoms with E-state index >= 15 is 0 Å². The van der Waals surface area contributed by atoms with Crippen molar-refractivity contribution in [1.82, 2.24) is 15.4 Å². The minimum absolute atomic E-state index is 0. The van der Waals surface area contributed by atoms with Crippen molar-refractivity contribution in [3.63, 3.8) is 0 Å². The summed E-state index contributed by atoms with van der Waals surface area (Å²) in [5.41, 5.74) is -0.305. The Kier molecular flexibility index (Phi) is 12.6. The van der Waals surface area contributed by atoms with Gasteiger partial charge < -0.3 is 15.4 Å². The lowest BCUT2D eigenvalue weighted by atomic mass is 10.1. The first kappa shape index (κ1) is 23.1. The third-order valence-corrected chi connectivity index (χ3v) is 3.25. The molecule has 0 saturated carbocycles. The van der Waals surface area contributed by atoms with E-state index < -0.39 is 10.0 Å². The highest BCUT2D eigenvalue weighted by Crippen LogP contribution is 2.06. The van der Waals surface area contributed by atoms with Gasteiger partial charge in [0.05, 0.1) is 18.4 Å². The van der Waals surface area contributed by atoms with Gasteiger partial charge in [-0.2, -0.15) is 0 Å². The van der Waals surface area contributed by atoms with Crippen molar-refractivity contribution < 1.29 is 13.2 Å². The van der Waals surface area contributed by atoms with Crippen molar-refractivity contribution in [2.75, 3.05) is 39.5 Å². The molecule has 0 atom stereocenters. The Morgan fingerprint density at radius 3 is 2.33 bits per heavy atom. The molecule has 0 aromatic carbocycles. The van der Waals surface area contributed by atoms with E-state index in [1.54, 1.807) is 7.11 Å². The molecule has 21 heavy (non-hydrogen) atoms. The number of guanidine groups is 1. The van der Waals surface area contributed by atoms with Crippen LogP contribution in [0.4, 0.5) is 0 Å². The maximum absolute atomic E-state index is 10.9. The van der Waals surface area contributed by atoms with Crippen LogP contribution in [0.25, 0.3) is 0 Å². The highest BCUT2D eigenvalue weighted by Gasteiger charge is 2.15. The first-order valence-electron chi connectivity index (χ1n) is 6.72. The van der Waals surface area contributed by atoms with Gasteiger partial charge in [0.15, 0.2) is 5.96 Å². The van der Waals surface area contributed by atoms with Crippen LogP contribution in [-0.4, -0.2) is 59.5 Å². The second-order valence-corrected chi connectivity index (χ2v) is 6.94. The van der Waals surface area contributed by atoms with Crippen molar-refractivity contribution in [3.05, 3.63) is 0 Å². The Balaban J connectivity index is 0. The van der Waals surface area contributed by atoms with Crippen LogP contribution in [0, 0.1) is 0 Å². The minimum Gasteiger partial charge on any atom is -0.377 e. The maximum atomic E-state index is 10.9. The first-order valence-corrected chi connectivity index (χ1v) is 8.61. The van der Waals surface area contributed by atoms with Crippen LogP contribution in [0.3, 0.4) is 0 Å². The summed E-state index contributed by atoms with van der Waals surface area (Å²) in [6, 6.07) is 0. The number of nitrogens with zero attached hydrogens (tertiary/aromatic N) is 1. The van der Waals surface area contributed by atoms with Crippen LogP contribution in [0.1, 0.15) is 27.2 Å². The molecule has 0 radical (unpaired) electrons. The van der Waals surface area contributed by atoms with Gasteiger partial charge in [0.2, 0.25) is 10.0 Å². The van der Waals surface area contributed by atoms with Gasteiger partial charge in [-0.3, -0.25) is 4.99 Å². The number of hydrogen-bond donors (Lipinski definition) is 3. The van der Waals surface area contributed by atoms with Crippen molar-refractivity contribution in [2.45, 2.75) is 32.8 Å². The van der Waals surface area contributed by atoms with Crippen molar-refractivity contribution >= 4 is 40.0 Å². The summed E-state index contributed by atoms with van der Waals surface area (Å²) in [4.78, 5) is 4.43. The normalized spacial score (nSPS) is 12.7. The Hall–Kier alpha value is -0.130. The summed E-state index contributed by atoms with van der Waals surface area (Å²) >= 11 is 0. The molecule has 0 heterocycles. The predicted molar refractivity (Wildman–Crippen MR) is 97.9 cm³/mol. The molecule has 0 unspecified atom stereocenters. The Bertz CT molecular complexity index is 399. The topological polar surface area (TPSA) is 91.8 Å². The lowest BCUT2D eigenvalue weighted by Crippen LogP contribution is -2.40. The molecule has 0 amide bonds. The smallest absolute Gasteiger partial charge is 0.208 e. The van der Waals surface area contributed by atoms with Crippen LogP contribution in [0.2, 0.25) is 0 Å². The summed E-state index contributed by atoms with van der Waals surface area (Å²) in [5, 5.41) is 6.28. The molecule has 7 nitrogen and oxygen atoms in total. The van der Waals surface area contributed by atoms with Gasteiger partial charge >= 0.3 is 0 Å². The Morgan fingerprint density at radius 1 is 1.24 bits per heavy atom. The number of hydrogen-bond acceptors (Lipinski definition) is 4. The average molecular weight is 436 g/mol. The minimum atomic E-state index is -3.11. The molecule has 0 spiro atoms. The van der Waals surface area contributed by atoms with E-state index in [0.29, 0.717) is 32.0 Å². The quantitative estimate of drug-likeness (QED) is 0.212. The second-order valence-electron chi connectivity index (χ2n) is 5.11. The molecule has 3 N–H and O–H groups in total. The lowest BCUT2D eigenvalue weighted by Gasteiger charge is -2.21. The zero-order chi connectivity index (χ0) is 15.6. The second kappa shape index (κ2) is 11.4. The summed E-state index contributed by atoms with van der Waals surface area (Å²) < 4.78 is 29.5. The number of halogens is 1. The zero-order valence-electron chi connectivity index (χ0n) is 13.5. The Labute approximate surface area is 145 Å². The lowest BCUT2D eigenvalue weighted by molar-refractivity contribution is 0.0310. The molecule has 0 rings (SSSR count). The third-order valence-electron chi connectivity index (χ3n) is 2.53. The largest absolute Gasteiger partial charge is 0.377 e. The molecular formula is C12H29IN4O3S. The van der Waals surface area contributed by atoms with Crippen LogP contribution in [0.15, 0.2) is 4.99 Å². The fourth-order valence-corrected chi connectivity index (χ4v) is 1.74. The van der Waals surface area contributed by atoms with E-state index in [9.17, 15) is 8.42 Å². The number of nitrogens with one attached hydrogen (secondary N) is 3. The van der Waals surface area contributed by atoms with Gasteiger partial charge in [-0.15, -0.1) is 24.0 Å². The molecule has 0 saturated heterocycles. The molecule has 0 fully saturated rings. The van der Waals surface area contributed by atoms with Gasteiger partial charge in [-0.25, -0.2) is 13.1 Å². The molecule has 0 aliphatic rings. The SMILES string of the molecule is CCNC(=NCC(C)(C)OC)NCCCNS(C)(=O)=O.I. The highest BCUT2D eigenvalue weighted by molar-refractivity contribution is 14.0. The van der Waals surface area contributed by atoms with E-state index in [0.717, 1.165) is 12.8 Å². The molecule has 0 aliphatic heterocycles. The molecule has 0 aromatic heterocycles. The third kappa shape index (κ3) is 14.6. The van der Waals surface area contributed by atoms with Crippen LogP contribution >= 0.6 is 24.0 Å². The summed E-state index contributed by atoms with van der Waals surface area (Å²) in [5.74, 6) is 0.706. The fraction of sp³-hybridized carbons (Fsp3) is 0.917. The predicted octanol–water partition coefficient (Wildman–Crippen LogP) is 0.524. The number of ether oxygens (including phenoxy) is 1. The van der Waals surface area contributed by atoms with E-state index in [-0.39, 0.29) is 29.6 Å². The summed E-state index contributed by atoms with van der Waals surface area (Å²) in [6.45, 7) is 8.29. The van der Waals surface area contributed by atoms with Crippen LogP contribution in [-0.2, 0) is 14.8 Å². The van der Waals surface area contributed by atoms with E-state index in [1.165, 1.54) is 0 Å². The zero-order valence-corrected chi connectivity index (χ0v) is 16.7. The highest BCUT2D eigenvalue weighted by atomic mass is 127. The number of methoxy groups -OCH3 is 1. The first-order chi connectivity index (χ1) is 9.20. The van der Waals surface area contributed by atoms with Crippen LogP contribution < -0.4 is 15.4 Å². The molecular weight excluding hydrogens is 407 g/mol. The summed E-state index contributed by atoms with van der Waals surface area (Å²) in [6.07, 6.45) is 1.84. The average Bonchev–Trinajstić information content (AvgIpc) is 2.34. The standard InChI is InChI=1S/C12H28N4O3S.HI/c1-6-13-11(15-10-12(2,3)19-4)14-8-7-9-16-20(5,17)18;/h16H,6-10H2,1-5H3,(H2,13,14,15);1H. The molecule has 0 aliphatic carbocycles. The van der Waals surface area contributed by atoms with Crippen LogP contribution in [0.5, 0.6) is 0 Å². The van der Waals surface area contributed by atoms with Gasteiger partial charge in [-0.1, -0.05) is 0 Å². The Morgan fingerprint density at radius 2 is 1.86 bits per heavy atom. The van der Waals surface area contributed by atoms with E-state index in [2.05, 4.69) is 20.3 Å².